The number of aliphatic hydroxyl groups is 5. The highest BCUT2D eigenvalue weighted by molar-refractivity contribution is 5.71. The summed E-state index contributed by atoms with van der Waals surface area (Å²) in [6.45, 7) is 8.59. The van der Waals surface area contributed by atoms with Gasteiger partial charge >= 0.3 is 11.9 Å². The monoisotopic (exact) mass is 658 g/mol. The highest BCUT2D eigenvalue weighted by Crippen LogP contribution is 2.45. The molecule has 0 spiro atoms. The lowest BCUT2D eigenvalue weighted by Gasteiger charge is -2.42. The molecule has 5 aliphatic rings. The molecule has 264 valence electrons. The van der Waals surface area contributed by atoms with Gasteiger partial charge in [0.05, 0.1) is 43.4 Å². The van der Waals surface area contributed by atoms with Crippen LogP contribution in [0.2, 0.25) is 0 Å². The maximum atomic E-state index is 11.5. The van der Waals surface area contributed by atoms with E-state index in [9.17, 15) is 35.1 Å². The molecule has 9 nitrogen and oxygen atoms in total. The molecule has 0 bridgehead atoms. The second kappa shape index (κ2) is 16.9. The number of allylic oxidation sites excluding steroid dienone is 6. The van der Waals surface area contributed by atoms with Crippen LogP contribution in [0, 0.1) is 47.3 Å². The molecule has 4 aliphatic carbocycles. The lowest BCUT2D eigenvalue weighted by atomic mass is 9.65. The van der Waals surface area contributed by atoms with Crippen LogP contribution in [0.4, 0.5) is 0 Å². The third-order valence-corrected chi connectivity index (χ3v) is 11.1. The Bertz CT molecular complexity index is 1190. The van der Waals surface area contributed by atoms with E-state index in [2.05, 4.69) is 64.2 Å². The maximum Gasteiger partial charge on any atom is 0.308 e. The van der Waals surface area contributed by atoms with Crippen LogP contribution >= 0.6 is 0 Å². The highest BCUT2D eigenvalue weighted by atomic mass is 16.5. The first-order chi connectivity index (χ1) is 22.2. The fraction of sp³-hybridized carbons (Fsp3) is 0.737. The molecule has 0 saturated carbocycles. The number of aliphatic hydroxyl groups excluding tert-OH is 5. The number of rotatable bonds is 10. The van der Waals surface area contributed by atoms with E-state index < -0.39 is 24.3 Å². The number of esters is 1. The van der Waals surface area contributed by atoms with Gasteiger partial charge in [0.25, 0.3) is 0 Å². The van der Waals surface area contributed by atoms with E-state index in [-0.39, 0.29) is 61.3 Å². The van der Waals surface area contributed by atoms with Crippen LogP contribution < -0.4 is 0 Å². The largest absolute Gasteiger partial charge is 0.481 e. The standard InChI is InChI=1S/C19H30O5.C19H28O4/c1-11-7-13-4-3-12(2)16(19(13)17(22)8-11)6-5-14(20)9-15(21)10-18(23)24;1-11-7-13-4-3-12(2)16(19(13)17(21)8-11)6-5-15-9-14(20)10-18(22)23-15/h3-4,7,11-12,14-17,19-22H,5-6,8-10H2,1-2H3,(H,23,24);3-4,7,11-12,14-17,19-21H,5-6,8-10H2,1-2H3/t11-,12-,14+,15+,16-,17-,19?;11-,12-,14-,15+,16-,17-,19?/m00/s1. The maximum absolute atomic E-state index is 11.5. The lowest BCUT2D eigenvalue weighted by molar-refractivity contribution is -0.160. The van der Waals surface area contributed by atoms with Crippen LogP contribution in [-0.2, 0) is 14.3 Å². The molecule has 9 heteroatoms. The number of hydrogen-bond donors (Lipinski definition) is 6. The van der Waals surface area contributed by atoms with Crippen molar-refractivity contribution in [2.24, 2.45) is 47.3 Å². The molecular formula is C38H58O9. The molecule has 1 fully saturated rings. The fourth-order valence-electron chi connectivity index (χ4n) is 8.78. The zero-order valence-corrected chi connectivity index (χ0v) is 28.5. The van der Waals surface area contributed by atoms with Crippen molar-refractivity contribution < 1.29 is 45.0 Å². The van der Waals surface area contributed by atoms with E-state index in [0.717, 1.165) is 32.1 Å². The number of fused-ring (bicyclic) bond motifs is 2. The second-order valence-electron chi connectivity index (χ2n) is 15.2. The van der Waals surface area contributed by atoms with Crippen LogP contribution in [0.25, 0.3) is 0 Å². The topological polar surface area (TPSA) is 165 Å². The molecular weight excluding hydrogens is 600 g/mol. The first-order valence-electron chi connectivity index (χ1n) is 17.8. The molecule has 1 saturated heterocycles. The Morgan fingerprint density at radius 3 is 1.85 bits per heavy atom. The molecule has 1 aliphatic heterocycles. The van der Waals surface area contributed by atoms with Gasteiger partial charge in [0, 0.05) is 18.3 Å². The van der Waals surface area contributed by atoms with Crippen molar-refractivity contribution in [1.82, 2.24) is 0 Å². The van der Waals surface area contributed by atoms with Gasteiger partial charge in [0.15, 0.2) is 0 Å². The van der Waals surface area contributed by atoms with E-state index in [1.54, 1.807) is 0 Å². The third-order valence-electron chi connectivity index (χ3n) is 11.1. The van der Waals surface area contributed by atoms with Crippen LogP contribution in [0.1, 0.15) is 91.9 Å². The zero-order valence-electron chi connectivity index (χ0n) is 28.5. The van der Waals surface area contributed by atoms with Gasteiger partial charge in [0.1, 0.15) is 6.10 Å². The molecule has 6 N–H and O–H groups in total. The van der Waals surface area contributed by atoms with Gasteiger partial charge in [-0.15, -0.1) is 0 Å². The van der Waals surface area contributed by atoms with E-state index >= 15 is 0 Å². The van der Waals surface area contributed by atoms with Gasteiger partial charge in [0.2, 0.25) is 0 Å². The third kappa shape index (κ3) is 10.3. The Balaban J connectivity index is 0.000000213. The number of ether oxygens (including phenoxy) is 1. The summed E-state index contributed by atoms with van der Waals surface area (Å²) >= 11 is 0. The minimum Gasteiger partial charge on any atom is -0.481 e. The molecule has 47 heavy (non-hydrogen) atoms. The van der Waals surface area contributed by atoms with Crippen molar-refractivity contribution in [3.63, 3.8) is 0 Å². The summed E-state index contributed by atoms with van der Waals surface area (Å²) in [6.07, 6.45) is 15.0. The van der Waals surface area contributed by atoms with Crippen molar-refractivity contribution in [2.75, 3.05) is 0 Å². The van der Waals surface area contributed by atoms with E-state index in [0.29, 0.717) is 42.4 Å². The fourth-order valence-corrected chi connectivity index (χ4v) is 8.78. The van der Waals surface area contributed by atoms with Crippen LogP contribution in [0.15, 0.2) is 47.6 Å². The molecule has 14 atom stereocenters. The number of carboxylic acid groups (broad SMARTS) is 1. The Morgan fingerprint density at radius 2 is 1.34 bits per heavy atom. The Kier molecular flexibility index (Phi) is 13.5. The minimum atomic E-state index is -1.06. The first-order valence-corrected chi connectivity index (χ1v) is 17.8. The summed E-state index contributed by atoms with van der Waals surface area (Å²) in [6, 6.07) is 0. The van der Waals surface area contributed by atoms with Crippen molar-refractivity contribution in [3.05, 3.63) is 47.6 Å². The van der Waals surface area contributed by atoms with Gasteiger partial charge in [-0.25, -0.2) is 0 Å². The average molecular weight is 659 g/mol. The molecule has 0 aromatic carbocycles. The van der Waals surface area contributed by atoms with Gasteiger partial charge < -0.3 is 35.4 Å². The van der Waals surface area contributed by atoms with Gasteiger partial charge in [-0.05, 0) is 91.6 Å². The smallest absolute Gasteiger partial charge is 0.308 e. The SMILES string of the molecule is C[C@H]1C=C2C=C[C@H](C)[C@H](CC[C@@H](O)C[C@@H](O)CC(=O)O)C2[C@@H](O)C1.C[C@H]1C=C2C=C[C@H](C)[C@H](CC[C@@H]3C[C@H](O)CC(=O)O3)C2[C@@H](O)C1. The molecule has 5 rings (SSSR count). The molecule has 2 unspecified atom stereocenters. The number of hydrogen-bond acceptors (Lipinski definition) is 8. The molecule has 0 amide bonds. The van der Waals surface area contributed by atoms with Gasteiger partial charge in [-0.2, -0.15) is 0 Å². The average Bonchev–Trinajstić information content (AvgIpc) is 2.95. The summed E-state index contributed by atoms with van der Waals surface area (Å²) in [4.78, 5) is 22.0. The first kappa shape index (κ1) is 37.5. The molecule has 0 radical (unpaired) electrons. The Morgan fingerprint density at radius 1 is 0.809 bits per heavy atom. The highest BCUT2D eigenvalue weighted by Gasteiger charge is 2.40. The van der Waals surface area contributed by atoms with E-state index in [4.69, 9.17) is 9.84 Å². The molecule has 0 aromatic heterocycles. The van der Waals surface area contributed by atoms with Crippen molar-refractivity contribution in [3.8, 4) is 0 Å². The number of carbonyl (C=O) groups excluding carboxylic acids is 1. The lowest BCUT2D eigenvalue weighted by Crippen LogP contribution is -2.39. The minimum absolute atomic E-state index is 0.0796. The van der Waals surface area contributed by atoms with Crippen LogP contribution in [0.3, 0.4) is 0 Å². The summed E-state index contributed by atoms with van der Waals surface area (Å²) in [5, 5.41) is 59.3. The van der Waals surface area contributed by atoms with Crippen molar-refractivity contribution >= 4 is 11.9 Å². The summed E-state index contributed by atoms with van der Waals surface area (Å²) in [7, 11) is 0. The van der Waals surface area contributed by atoms with E-state index in [1.807, 2.05) is 0 Å². The van der Waals surface area contributed by atoms with Gasteiger partial charge in [-0.1, -0.05) is 64.2 Å². The summed E-state index contributed by atoms with van der Waals surface area (Å²) < 4.78 is 5.37. The van der Waals surface area contributed by atoms with E-state index in [1.165, 1.54) is 11.1 Å². The zero-order chi connectivity index (χ0) is 34.4. The number of carboxylic acids is 1. The van der Waals surface area contributed by atoms with Gasteiger partial charge in [-0.3, -0.25) is 9.59 Å². The Labute approximate surface area is 280 Å². The number of aliphatic carboxylic acids is 1. The van der Waals surface area contributed by atoms with Crippen molar-refractivity contribution in [2.45, 2.75) is 129 Å². The number of carbonyl (C=O) groups is 2. The van der Waals surface area contributed by atoms with Crippen molar-refractivity contribution in [1.29, 1.82) is 0 Å². The quantitative estimate of drug-likeness (QED) is 0.182. The normalized spacial score (nSPS) is 39.2. The second-order valence-corrected chi connectivity index (χ2v) is 15.2. The summed E-state index contributed by atoms with van der Waals surface area (Å²) in [5.74, 6) is 1.10. The predicted molar refractivity (Wildman–Crippen MR) is 179 cm³/mol. The Hall–Kier alpha value is -2.30. The number of cyclic esters (lactones) is 1. The molecule has 0 aromatic rings. The summed E-state index contributed by atoms with van der Waals surface area (Å²) in [5.41, 5.74) is 2.46. The predicted octanol–water partition coefficient (Wildman–Crippen LogP) is 4.72. The van der Waals surface area contributed by atoms with Crippen LogP contribution in [0.5, 0.6) is 0 Å². The molecule has 1 heterocycles. The van der Waals surface area contributed by atoms with Crippen LogP contribution in [-0.4, -0.2) is 79.2 Å².